The molecule has 2 aliphatic rings. The van der Waals surface area contributed by atoms with Gasteiger partial charge in [-0.15, -0.1) is 11.8 Å². The largest absolute Gasteiger partial charge is 0.395 e. The number of carbonyl (C=O) groups excluding carboxylic acids is 2. The molecule has 2 N–H and O–H groups in total. The molecule has 1 aliphatic heterocycles. The van der Waals surface area contributed by atoms with Crippen LogP contribution in [0.5, 0.6) is 0 Å². The predicted octanol–water partition coefficient (Wildman–Crippen LogP) is 3.67. The molecule has 2 heterocycles. The van der Waals surface area contributed by atoms with Gasteiger partial charge in [-0.05, 0) is 50.3 Å². The van der Waals surface area contributed by atoms with Crippen LogP contribution in [0.25, 0.3) is 0 Å². The maximum Gasteiger partial charge on any atom is 0.272 e. The lowest BCUT2D eigenvalue weighted by molar-refractivity contribution is 0.0725. The van der Waals surface area contributed by atoms with E-state index in [2.05, 4.69) is 30.3 Å². The summed E-state index contributed by atoms with van der Waals surface area (Å²) in [5.41, 5.74) is 2.93. The third kappa shape index (κ3) is 5.93. The van der Waals surface area contributed by atoms with Crippen molar-refractivity contribution in [3.8, 4) is 6.07 Å². The number of aryl methyl sites for hydroxylation is 1. The zero-order chi connectivity index (χ0) is 26.5. The standard InChI is InChI=1S/C25H31N5O3S.C2H6/c1-4-24(2,16-31)34-25(10-11-25)15-30-12-9-19-20(28-29(3)21(19)23(30)33)22(32)27-14-18-7-5-17(13-26)6-8-18;1-2/h5-8,31H,4,9-12,14-16H2,1-3H3,(H,27,32);1-2H3. The van der Waals surface area contributed by atoms with Crippen molar-refractivity contribution in [2.24, 2.45) is 7.05 Å². The number of amides is 2. The normalized spacial score (nSPS) is 17.2. The molecule has 0 spiro atoms. The van der Waals surface area contributed by atoms with Gasteiger partial charge in [-0.1, -0.05) is 32.9 Å². The molecule has 8 nitrogen and oxygen atoms in total. The third-order valence-corrected chi connectivity index (χ3v) is 8.73. The number of aromatic nitrogens is 2. The van der Waals surface area contributed by atoms with Gasteiger partial charge in [-0.3, -0.25) is 14.3 Å². The van der Waals surface area contributed by atoms with Crippen molar-refractivity contribution in [1.29, 1.82) is 5.26 Å². The quantitative estimate of drug-likeness (QED) is 0.531. The number of fused-ring (bicyclic) bond motifs is 1. The first-order chi connectivity index (χ1) is 17.2. The van der Waals surface area contributed by atoms with Gasteiger partial charge in [0.1, 0.15) is 5.69 Å². The first-order valence-corrected chi connectivity index (χ1v) is 13.5. The molecule has 2 amide bonds. The zero-order valence-electron chi connectivity index (χ0n) is 21.9. The summed E-state index contributed by atoms with van der Waals surface area (Å²) >= 11 is 1.81. The van der Waals surface area contributed by atoms with Crippen LogP contribution in [0, 0.1) is 11.3 Å². The van der Waals surface area contributed by atoms with Crippen LogP contribution in [0.3, 0.4) is 0 Å². The van der Waals surface area contributed by atoms with E-state index in [1.54, 1.807) is 31.3 Å². The third-order valence-electron chi connectivity index (χ3n) is 6.85. The van der Waals surface area contributed by atoms with Crippen molar-refractivity contribution in [2.75, 3.05) is 19.7 Å². The Labute approximate surface area is 218 Å². The van der Waals surface area contributed by atoms with E-state index in [-0.39, 0.29) is 27.9 Å². The van der Waals surface area contributed by atoms with Gasteiger partial charge >= 0.3 is 0 Å². The van der Waals surface area contributed by atoms with E-state index in [0.717, 1.165) is 24.8 Å². The maximum absolute atomic E-state index is 13.4. The fraction of sp³-hybridized carbons (Fsp3) is 0.556. The van der Waals surface area contributed by atoms with Crippen LogP contribution in [0.15, 0.2) is 24.3 Å². The first-order valence-electron chi connectivity index (χ1n) is 12.7. The number of thioether (sulfide) groups is 1. The van der Waals surface area contributed by atoms with Crippen LogP contribution in [0.4, 0.5) is 0 Å². The summed E-state index contributed by atoms with van der Waals surface area (Å²) in [7, 11) is 1.71. The van der Waals surface area contributed by atoms with Crippen molar-refractivity contribution in [3.63, 3.8) is 0 Å². The predicted molar refractivity (Wildman–Crippen MR) is 142 cm³/mol. The Morgan fingerprint density at radius 3 is 2.53 bits per heavy atom. The fourth-order valence-corrected chi connectivity index (χ4v) is 6.17. The Morgan fingerprint density at radius 1 is 1.31 bits per heavy atom. The molecular formula is C27H37N5O3S. The summed E-state index contributed by atoms with van der Waals surface area (Å²) in [6, 6.07) is 9.12. The van der Waals surface area contributed by atoms with Gasteiger partial charge in [0.05, 0.1) is 18.2 Å². The second kappa shape index (κ2) is 11.5. The first kappa shape index (κ1) is 27.8. The highest BCUT2D eigenvalue weighted by molar-refractivity contribution is 8.02. The molecule has 1 aliphatic carbocycles. The van der Waals surface area contributed by atoms with Crippen LogP contribution in [-0.4, -0.2) is 60.8 Å². The highest BCUT2D eigenvalue weighted by Crippen LogP contribution is 2.54. The lowest BCUT2D eigenvalue weighted by Gasteiger charge is -2.35. The maximum atomic E-state index is 13.4. The summed E-state index contributed by atoms with van der Waals surface area (Å²) in [5.74, 6) is -0.394. The van der Waals surface area contributed by atoms with E-state index in [1.807, 2.05) is 30.5 Å². The Morgan fingerprint density at radius 2 is 1.97 bits per heavy atom. The second-order valence-corrected chi connectivity index (χ2v) is 11.6. The Hall–Kier alpha value is -2.83. The zero-order valence-corrected chi connectivity index (χ0v) is 22.7. The summed E-state index contributed by atoms with van der Waals surface area (Å²) in [4.78, 5) is 28.1. The number of benzene rings is 1. The second-order valence-electron chi connectivity index (χ2n) is 9.51. The van der Waals surface area contributed by atoms with Gasteiger partial charge in [0.2, 0.25) is 0 Å². The number of nitrogens with one attached hydrogen (secondary N) is 1. The average Bonchev–Trinajstić information content (AvgIpc) is 3.57. The van der Waals surface area contributed by atoms with E-state index in [4.69, 9.17) is 5.26 Å². The fourth-order valence-electron chi connectivity index (χ4n) is 4.39. The molecule has 194 valence electrons. The summed E-state index contributed by atoms with van der Waals surface area (Å²) in [5, 5.41) is 26.0. The van der Waals surface area contributed by atoms with Gasteiger partial charge < -0.3 is 15.3 Å². The lowest BCUT2D eigenvalue weighted by Crippen LogP contribution is -2.44. The topological polar surface area (TPSA) is 111 Å². The van der Waals surface area contributed by atoms with Crippen LogP contribution < -0.4 is 5.32 Å². The molecule has 1 aromatic heterocycles. The number of aliphatic hydroxyl groups is 1. The summed E-state index contributed by atoms with van der Waals surface area (Å²) in [6.07, 6.45) is 3.54. The van der Waals surface area contributed by atoms with Crippen molar-refractivity contribution < 1.29 is 14.7 Å². The van der Waals surface area contributed by atoms with E-state index >= 15 is 0 Å². The molecule has 0 saturated heterocycles. The van der Waals surface area contributed by atoms with Crippen LogP contribution >= 0.6 is 11.8 Å². The van der Waals surface area contributed by atoms with E-state index in [9.17, 15) is 14.7 Å². The van der Waals surface area contributed by atoms with Crippen molar-refractivity contribution in [1.82, 2.24) is 20.0 Å². The molecule has 1 fully saturated rings. The van der Waals surface area contributed by atoms with Gasteiger partial charge in [0.25, 0.3) is 11.8 Å². The molecule has 9 heteroatoms. The number of aliphatic hydroxyl groups excluding tert-OH is 1. The number of carbonyl (C=O) groups is 2. The molecule has 1 atom stereocenters. The number of rotatable bonds is 9. The number of nitrogens with zero attached hydrogens (tertiary/aromatic N) is 4. The molecule has 36 heavy (non-hydrogen) atoms. The smallest absolute Gasteiger partial charge is 0.272 e. The molecule has 1 saturated carbocycles. The van der Waals surface area contributed by atoms with Gasteiger partial charge in [0.15, 0.2) is 5.69 Å². The van der Waals surface area contributed by atoms with Crippen molar-refractivity contribution >= 4 is 23.6 Å². The van der Waals surface area contributed by atoms with Crippen LogP contribution in [-0.2, 0) is 20.0 Å². The van der Waals surface area contributed by atoms with E-state index < -0.39 is 0 Å². The SMILES string of the molecule is CC.CCC(C)(CO)SC1(CN2CCc3c(C(=O)NCc4ccc(C#N)cc4)nn(C)c3C2=O)CC1. The summed E-state index contributed by atoms with van der Waals surface area (Å²) in [6.45, 7) is 9.81. The van der Waals surface area contributed by atoms with Crippen molar-refractivity contribution in [2.45, 2.75) is 69.4 Å². The monoisotopic (exact) mass is 511 g/mol. The number of nitriles is 1. The minimum atomic E-state index is -0.307. The van der Waals surface area contributed by atoms with Gasteiger partial charge in [-0.25, -0.2) is 0 Å². The summed E-state index contributed by atoms with van der Waals surface area (Å²) < 4.78 is 1.32. The van der Waals surface area contributed by atoms with Crippen LogP contribution in [0.2, 0.25) is 0 Å². The Balaban J connectivity index is 0.00000176. The minimum Gasteiger partial charge on any atom is -0.395 e. The highest BCUT2D eigenvalue weighted by atomic mass is 32.2. The number of hydrogen-bond donors (Lipinski definition) is 2. The molecule has 1 aromatic carbocycles. The molecule has 0 radical (unpaired) electrons. The van der Waals surface area contributed by atoms with E-state index in [1.165, 1.54) is 4.68 Å². The number of hydrogen-bond acceptors (Lipinski definition) is 6. The Kier molecular flexibility index (Phi) is 8.85. The minimum absolute atomic E-state index is 0.000542. The van der Waals surface area contributed by atoms with Crippen molar-refractivity contribution in [3.05, 3.63) is 52.3 Å². The molecule has 2 aromatic rings. The average molecular weight is 512 g/mol. The van der Waals surface area contributed by atoms with Gasteiger partial charge in [0, 0.05) is 41.7 Å². The van der Waals surface area contributed by atoms with Crippen LogP contribution in [0.1, 0.15) is 84.6 Å². The molecule has 0 bridgehead atoms. The molecule has 1 unspecified atom stereocenters. The van der Waals surface area contributed by atoms with E-state index in [0.29, 0.717) is 48.6 Å². The lowest BCUT2D eigenvalue weighted by atomic mass is 10.0. The molecule has 4 rings (SSSR count). The molecular weight excluding hydrogens is 474 g/mol. The Bertz CT molecular complexity index is 1130. The van der Waals surface area contributed by atoms with Gasteiger partial charge in [-0.2, -0.15) is 10.4 Å². The highest BCUT2D eigenvalue weighted by Gasteiger charge is 2.50.